The van der Waals surface area contributed by atoms with Gasteiger partial charge in [0, 0.05) is 0 Å². The highest BCUT2D eigenvalue weighted by molar-refractivity contribution is 7.46. The molecule has 0 spiro atoms. The summed E-state index contributed by atoms with van der Waals surface area (Å²) in [4.78, 5) is 17.8. The first kappa shape index (κ1) is 30.2. The van der Waals surface area contributed by atoms with Crippen molar-refractivity contribution >= 4 is 7.82 Å². The van der Waals surface area contributed by atoms with Crippen molar-refractivity contribution in [1.29, 1.82) is 0 Å². The molecule has 0 radical (unpaired) electrons. The van der Waals surface area contributed by atoms with Gasteiger partial charge in [-0.2, -0.15) is 0 Å². The second kappa shape index (κ2) is 19.4. The van der Waals surface area contributed by atoms with E-state index in [0.29, 0.717) is 5.75 Å². The van der Waals surface area contributed by atoms with Crippen molar-refractivity contribution in [2.24, 2.45) is 0 Å². The Labute approximate surface area is 202 Å². The van der Waals surface area contributed by atoms with Crippen molar-refractivity contribution in [3.8, 4) is 5.75 Å². The minimum atomic E-state index is -4.55. The number of aryl methyl sites for hydroxylation is 1. The summed E-state index contributed by atoms with van der Waals surface area (Å²) in [6, 6.07) is 7.65. The largest absolute Gasteiger partial charge is 0.472 e. The lowest BCUT2D eigenvalue weighted by atomic mass is 10.0. The van der Waals surface area contributed by atoms with Crippen molar-refractivity contribution < 1.29 is 23.6 Å². The van der Waals surface area contributed by atoms with Crippen molar-refractivity contribution in [3.63, 3.8) is 0 Å². The maximum absolute atomic E-state index is 11.0. The molecule has 0 amide bonds. The van der Waals surface area contributed by atoms with Gasteiger partial charge in [0.05, 0.1) is 0 Å². The van der Waals surface area contributed by atoms with E-state index < -0.39 is 14.1 Å². The maximum Gasteiger partial charge on any atom is 0.472 e. The number of para-hydroxylation sites is 1. The van der Waals surface area contributed by atoms with Crippen LogP contribution in [-0.2, 0) is 15.5 Å². The third-order valence-electron chi connectivity index (χ3n) is 6.10. The number of phosphoric ester groups is 1. The second-order valence-corrected chi connectivity index (χ2v) is 10.5. The Hall–Kier alpha value is -0.870. The van der Waals surface area contributed by atoms with Gasteiger partial charge in [-0.25, -0.2) is 9.09 Å². The van der Waals surface area contributed by atoms with E-state index in [9.17, 15) is 4.57 Å². The number of rotatable bonds is 22. The molecular weight excluding hydrogens is 435 g/mol. The molecule has 0 saturated heterocycles. The summed E-state index contributed by atoms with van der Waals surface area (Å²) in [6.07, 6.45) is 23.0. The fourth-order valence-corrected chi connectivity index (χ4v) is 4.69. The molecule has 1 unspecified atom stereocenters. The molecule has 0 saturated carbocycles. The Kier molecular flexibility index (Phi) is 17.8. The van der Waals surface area contributed by atoms with Crippen molar-refractivity contribution in [3.05, 3.63) is 29.8 Å². The molecule has 0 aliphatic rings. The van der Waals surface area contributed by atoms with Crippen LogP contribution in [0.2, 0.25) is 0 Å². The highest BCUT2D eigenvalue weighted by atomic mass is 31.2. The summed E-state index contributed by atoms with van der Waals surface area (Å²) >= 11 is 0. The minimum Gasteiger partial charge on any atom is -0.464 e. The van der Waals surface area contributed by atoms with Crippen LogP contribution in [0.5, 0.6) is 5.75 Å². The van der Waals surface area contributed by atoms with Gasteiger partial charge >= 0.3 is 7.82 Å². The van der Waals surface area contributed by atoms with Gasteiger partial charge in [-0.3, -0.25) is 0 Å². The molecule has 0 heterocycles. The van der Waals surface area contributed by atoms with Gasteiger partial charge in [-0.1, -0.05) is 128 Å². The summed E-state index contributed by atoms with van der Waals surface area (Å²) in [5.74, 6) is 0.634. The van der Waals surface area contributed by atoms with Gasteiger partial charge < -0.3 is 14.5 Å². The number of ether oxygens (including phenoxy) is 1. The molecule has 1 aromatic carbocycles. The van der Waals surface area contributed by atoms with Crippen LogP contribution < -0.4 is 4.74 Å². The number of hydrogen-bond acceptors (Lipinski definition) is 3. The second-order valence-electron chi connectivity index (χ2n) is 9.30. The van der Waals surface area contributed by atoms with Gasteiger partial charge in [0.15, 0.2) is 0 Å². The maximum atomic E-state index is 11.0. The fraction of sp³-hybridized carbons (Fsp3) is 0.778. The Morgan fingerprint density at radius 3 is 1.61 bits per heavy atom. The fourth-order valence-electron chi connectivity index (χ4n) is 4.26. The molecular formula is C27H49O5P. The van der Waals surface area contributed by atoms with Gasteiger partial charge in [-0.15, -0.1) is 0 Å². The average Bonchev–Trinajstić information content (AvgIpc) is 2.75. The molecule has 0 aromatic heterocycles. The highest BCUT2D eigenvalue weighted by Gasteiger charge is 2.20. The summed E-state index contributed by atoms with van der Waals surface area (Å²) < 4.78 is 21.1. The normalized spacial score (nSPS) is 12.7. The topological polar surface area (TPSA) is 76.0 Å². The third kappa shape index (κ3) is 18.2. The van der Waals surface area contributed by atoms with E-state index in [1.165, 1.54) is 110 Å². The van der Waals surface area contributed by atoms with Crippen molar-refractivity contribution in [1.82, 2.24) is 0 Å². The van der Waals surface area contributed by atoms with E-state index in [2.05, 4.69) is 11.4 Å². The van der Waals surface area contributed by atoms with Crippen LogP contribution >= 0.6 is 7.82 Å². The molecule has 1 rings (SSSR count). The highest BCUT2D eigenvalue weighted by Crippen LogP contribution is 2.38. The van der Waals surface area contributed by atoms with E-state index in [1.807, 2.05) is 24.3 Å². The number of benzene rings is 1. The molecule has 6 heteroatoms. The first-order valence-corrected chi connectivity index (χ1v) is 14.9. The summed E-state index contributed by atoms with van der Waals surface area (Å²) in [7, 11) is -4.55. The van der Waals surface area contributed by atoms with Gasteiger partial charge in [0.1, 0.15) is 5.75 Å². The lowest BCUT2D eigenvalue weighted by molar-refractivity contribution is -0.00148. The molecule has 1 atom stereocenters. The molecule has 1 aromatic rings. The van der Waals surface area contributed by atoms with Crippen LogP contribution in [-0.4, -0.2) is 16.1 Å². The summed E-state index contributed by atoms with van der Waals surface area (Å²) in [5.41, 5.74) is 1.06. The predicted octanol–water partition coefficient (Wildman–Crippen LogP) is 8.71. The Bertz CT molecular complexity index is 631. The van der Waals surface area contributed by atoms with Crippen LogP contribution in [0.4, 0.5) is 0 Å². The zero-order valence-corrected chi connectivity index (χ0v) is 22.1. The third-order valence-corrected chi connectivity index (χ3v) is 6.67. The van der Waals surface area contributed by atoms with E-state index in [-0.39, 0.29) is 0 Å². The first-order chi connectivity index (χ1) is 15.9. The van der Waals surface area contributed by atoms with Gasteiger partial charge in [0.2, 0.25) is 6.29 Å². The smallest absolute Gasteiger partial charge is 0.464 e. The molecule has 0 bridgehead atoms. The summed E-state index contributed by atoms with van der Waals surface area (Å²) in [6.45, 7) is 3.77. The van der Waals surface area contributed by atoms with E-state index in [0.717, 1.165) is 18.4 Å². The zero-order valence-electron chi connectivity index (χ0n) is 21.2. The van der Waals surface area contributed by atoms with E-state index >= 15 is 0 Å². The number of unbranched alkanes of at least 4 members (excludes halogenated alkanes) is 16. The Morgan fingerprint density at radius 2 is 1.15 bits per heavy atom. The van der Waals surface area contributed by atoms with Crippen LogP contribution in [0, 0.1) is 0 Å². The van der Waals surface area contributed by atoms with Crippen LogP contribution in [0.25, 0.3) is 0 Å². The molecule has 192 valence electrons. The van der Waals surface area contributed by atoms with Crippen molar-refractivity contribution in [2.75, 3.05) is 0 Å². The standard InChI is InChI=1S/C27H49O5P/c1-3-4-5-6-7-8-9-10-11-12-13-14-15-16-17-18-19-22-26-23-20-21-24-27(26)31-25(2)32-33(28,29)30/h20-21,23-25H,3-19,22H2,1-2H3,(H2,28,29,30). The molecule has 2 N–H and O–H groups in total. The van der Waals surface area contributed by atoms with Gasteiger partial charge in [0.25, 0.3) is 0 Å². The molecule has 0 aliphatic heterocycles. The number of hydrogen-bond donors (Lipinski definition) is 2. The predicted molar refractivity (Wildman–Crippen MR) is 138 cm³/mol. The zero-order chi connectivity index (χ0) is 24.2. The molecule has 0 aliphatic carbocycles. The lowest BCUT2D eigenvalue weighted by Crippen LogP contribution is -2.15. The Balaban J connectivity index is 1.98. The SMILES string of the molecule is CCCCCCCCCCCCCCCCCCCc1ccccc1OC(C)OP(=O)(O)O. The number of phosphoric acid groups is 1. The van der Waals surface area contributed by atoms with E-state index in [1.54, 1.807) is 0 Å². The molecule has 5 nitrogen and oxygen atoms in total. The average molecular weight is 485 g/mol. The van der Waals surface area contributed by atoms with Crippen LogP contribution in [0.3, 0.4) is 0 Å². The monoisotopic (exact) mass is 484 g/mol. The summed E-state index contributed by atoms with van der Waals surface area (Å²) in [5, 5.41) is 0. The van der Waals surface area contributed by atoms with Crippen molar-refractivity contribution in [2.45, 2.75) is 136 Å². The minimum absolute atomic E-state index is 0.634. The quantitative estimate of drug-likeness (QED) is 0.0977. The van der Waals surface area contributed by atoms with E-state index in [4.69, 9.17) is 14.5 Å². The van der Waals surface area contributed by atoms with Crippen LogP contribution in [0.15, 0.2) is 24.3 Å². The molecule has 0 fully saturated rings. The van der Waals surface area contributed by atoms with Gasteiger partial charge in [-0.05, 0) is 31.4 Å². The lowest BCUT2D eigenvalue weighted by Gasteiger charge is -2.18. The Morgan fingerprint density at radius 1 is 0.727 bits per heavy atom. The molecule has 33 heavy (non-hydrogen) atoms. The first-order valence-electron chi connectivity index (χ1n) is 13.4. The van der Waals surface area contributed by atoms with Crippen LogP contribution in [0.1, 0.15) is 129 Å².